The number of hydrogen-bond acceptors (Lipinski definition) is 5. The molecule has 31 heavy (non-hydrogen) atoms. The third-order valence-electron chi connectivity index (χ3n) is 5.75. The second kappa shape index (κ2) is 8.19. The van der Waals surface area contributed by atoms with Crippen molar-refractivity contribution in [3.63, 3.8) is 0 Å². The first kappa shape index (κ1) is 19.8. The summed E-state index contributed by atoms with van der Waals surface area (Å²) >= 11 is 1.50. The maximum absolute atomic E-state index is 14.3. The first-order valence-electron chi connectivity index (χ1n) is 10.2. The topological polar surface area (TPSA) is 58.1 Å². The van der Waals surface area contributed by atoms with Gasteiger partial charge in [0.15, 0.2) is 0 Å². The van der Waals surface area contributed by atoms with E-state index in [1.807, 2.05) is 6.07 Å². The number of anilines is 1. The number of nitrogens with one attached hydrogen (secondary N) is 1. The number of aromatic nitrogens is 2. The standard InChI is InChI=1S/C23H20F2N4OS/c24-16-6-4-14(5-7-16)12-26-23(30)15-8-10-29(11-9-15)22-21-20(27-13-28-22)19-17(25)2-1-3-18(19)31-21/h1-7,13,15H,8-12H2,(H,26,30). The molecule has 3 heterocycles. The van der Waals surface area contributed by atoms with Crippen LogP contribution >= 0.6 is 11.3 Å². The van der Waals surface area contributed by atoms with E-state index in [0.717, 1.165) is 20.8 Å². The second-order valence-electron chi connectivity index (χ2n) is 7.70. The normalized spacial score (nSPS) is 15.0. The zero-order chi connectivity index (χ0) is 21.4. The van der Waals surface area contributed by atoms with Gasteiger partial charge in [0.2, 0.25) is 5.91 Å². The predicted molar refractivity (Wildman–Crippen MR) is 118 cm³/mol. The largest absolute Gasteiger partial charge is 0.355 e. The summed E-state index contributed by atoms with van der Waals surface area (Å²) in [5.41, 5.74) is 1.51. The Morgan fingerprint density at radius 1 is 1.10 bits per heavy atom. The molecular weight excluding hydrogens is 418 g/mol. The highest BCUT2D eigenvalue weighted by atomic mass is 32.1. The Balaban J connectivity index is 1.28. The lowest BCUT2D eigenvalue weighted by Gasteiger charge is -2.32. The lowest BCUT2D eigenvalue weighted by molar-refractivity contribution is -0.125. The molecule has 1 amide bonds. The molecule has 1 saturated heterocycles. The molecule has 8 heteroatoms. The van der Waals surface area contributed by atoms with Crippen LogP contribution in [0.15, 0.2) is 48.8 Å². The fourth-order valence-electron chi connectivity index (χ4n) is 4.08. The molecule has 0 radical (unpaired) electrons. The van der Waals surface area contributed by atoms with E-state index in [1.165, 1.54) is 35.9 Å². The van der Waals surface area contributed by atoms with Crippen LogP contribution < -0.4 is 10.2 Å². The van der Waals surface area contributed by atoms with Crippen LogP contribution in [0, 0.1) is 17.6 Å². The molecule has 2 aromatic heterocycles. The first-order chi connectivity index (χ1) is 15.1. The third-order valence-corrected chi connectivity index (χ3v) is 6.89. The monoisotopic (exact) mass is 438 g/mol. The van der Waals surface area contributed by atoms with E-state index in [0.29, 0.717) is 43.4 Å². The van der Waals surface area contributed by atoms with Gasteiger partial charge in [-0.05, 0) is 42.7 Å². The Hall–Kier alpha value is -3.13. The van der Waals surface area contributed by atoms with E-state index < -0.39 is 0 Å². The van der Waals surface area contributed by atoms with Crippen LogP contribution in [0.5, 0.6) is 0 Å². The molecule has 1 fully saturated rings. The first-order valence-corrected chi connectivity index (χ1v) is 11.0. The molecule has 0 saturated carbocycles. The Labute approximate surface area is 181 Å². The van der Waals surface area contributed by atoms with E-state index in [-0.39, 0.29) is 23.5 Å². The van der Waals surface area contributed by atoms with Gasteiger partial charge in [0.1, 0.15) is 23.8 Å². The highest BCUT2D eigenvalue weighted by Gasteiger charge is 2.27. The molecule has 0 atom stereocenters. The van der Waals surface area contributed by atoms with Crippen LogP contribution in [-0.2, 0) is 11.3 Å². The van der Waals surface area contributed by atoms with Crippen molar-refractivity contribution in [2.45, 2.75) is 19.4 Å². The molecule has 158 valence electrons. The fraction of sp³-hybridized carbons (Fsp3) is 0.261. The number of halogens is 2. The van der Waals surface area contributed by atoms with Gasteiger partial charge < -0.3 is 10.2 Å². The van der Waals surface area contributed by atoms with E-state index in [2.05, 4.69) is 20.2 Å². The smallest absolute Gasteiger partial charge is 0.223 e. The molecule has 0 aliphatic carbocycles. The van der Waals surface area contributed by atoms with Crippen LogP contribution in [0.4, 0.5) is 14.6 Å². The van der Waals surface area contributed by atoms with Gasteiger partial charge in [-0.2, -0.15) is 0 Å². The number of carbonyl (C=O) groups excluding carboxylic acids is 1. The fourth-order valence-corrected chi connectivity index (χ4v) is 5.27. The van der Waals surface area contributed by atoms with Gasteiger partial charge >= 0.3 is 0 Å². The van der Waals surface area contributed by atoms with E-state index in [9.17, 15) is 13.6 Å². The highest BCUT2D eigenvalue weighted by Crippen LogP contribution is 2.39. The summed E-state index contributed by atoms with van der Waals surface area (Å²) in [6.07, 6.45) is 2.90. The number of fused-ring (bicyclic) bond motifs is 3. The zero-order valence-electron chi connectivity index (χ0n) is 16.6. The summed E-state index contributed by atoms with van der Waals surface area (Å²) in [7, 11) is 0. The number of nitrogens with zero attached hydrogens (tertiary/aromatic N) is 3. The second-order valence-corrected chi connectivity index (χ2v) is 8.75. The molecule has 0 unspecified atom stereocenters. The van der Waals surface area contributed by atoms with E-state index >= 15 is 0 Å². The van der Waals surface area contributed by atoms with Gasteiger partial charge in [-0.25, -0.2) is 18.7 Å². The highest BCUT2D eigenvalue weighted by molar-refractivity contribution is 7.26. The quantitative estimate of drug-likeness (QED) is 0.504. The molecule has 4 aromatic rings. The maximum atomic E-state index is 14.3. The molecule has 0 bridgehead atoms. The molecule has 0 spiro atoms. The minimum Gasteiger partial charge on any atom is -0.355 e. The van der Waals surface area contributed by atoms with Crippen LogP contribution in [0.3, 0.4) is 0 Å². The summed E-state index contributed by atoms with van der Waals surface area (Å²) in [5.74, 6) is 0.179. The van der Waals surface area contributed by atoms with Gasteiger partial charge in [0.05, 0.1) is 15.6 Å². The lowest BCUT2D eigenvalue weighted by atomic mass is 9.95. The third kappa shape index (κ3) is 3.83. The summed E-state index contributed by atoms with van der Waals surface area (Å²) in [5, 5.41) is 3.49. The zero-order valence-corrected chi connectivity index (χ0v) is 17.5. The number of amides is 1. The molecular formula is C23H20F2N4OS. The summed E-state index contributed by atoms with van der Waals surface area (Å²) in [4.78, 5) is 23.5. The average molecular weight is 439 g/mol. The van der Waals surface area contributed by atoms with E-state index in [1.54, 1.807) is 18.2 Å². The Kier molecular flexibility index (Phi) is 5.23. The number of hydrogen-bond donors (Lipinski definition) is 1. The van der Waals surface area contributed by atoms with Gasteiger partial charge in [-0.3, -0.25) is 4.79 Å². The number of rotatable bonds is 4. The Morgan fingerprint density at radius 3 is 2.65 bits per heavy atom. The number of carbonyl (C=O) groups is 1. The summed E-state index contributed by atoms with van der Waals surface area (Å²) in [6.45, 7) is 1.77. The van der Waals surface area contributed by atoms with Gasteiger partial charge in [0.25, 0.3) is 0 Å². The van der Waals surface area contributed by atoms with Crippen LogP contribution in [0.1, 0.15) is 18.4 Å². The van der Waals surface area contributed by atoms with Crippen molar-refractivity contribution in [1.82, 2.24) is 15.3 Å². The maximum Gasteiger partial charge on any atom is 0.223 e. The number of piperidine rings is 1. The number of benzene rings is 2. The van der Waals surface area contributed by atoms with Crippen molar-refractivity contribution in [3.05, 3.63) is 66.0 Å². The van der Waals surface area contributed by atoms with Crippen molar-refractivity contribution in [3.8, 4) is 0 Å². The van der Waals surface area contributed by atoms with Gasteiger partial charge in [-0.1, -0.05) is 18.2 Å². The summed E-state index contributed by atoms with van der Waals surface area (Å²) in [6, 6.07) is 11.2. The summed E-state index contributed by atoms with van der Waals surface area (Å²) < 4.78 is 29.1. The molecule has 1 aliphatic heterocycles. The average Bonchev–Trinajstić information content (AvgIpc) is 3.19. The molecule has 5 rings (SSSR count). The van der Waals surface area contributed by atoms with E-state index in [4.69, 9.17) is 0 Å². The van der Waals surface area contributed by atoms with Crippen LogP contribution in [-0.4, -0.2) is 29.0 Å². The van der Waals surface area contributed by atoms with Gasteiger partial charge in [0, 0.05) is 30.3 Å². The van der Waals surface area contributed by atoms with Gasteiger partial charge in [-0.15, -0.1) is 11.3 Å². The van der Waals surface area contributed by atoms with Crippen molar-refractivity contribution in [2.24, 2.45) is 5.92 Å². The lowest BCUT2D eigenvalue weighted by Crippen LogP contribution is -2.40. The predicted octanol–water partition coefficient (Wildman–Crippen LogP) is 4.66. The van der Waals surface area contributed by atoms with Crippen molar-refractivity contribution in [1.29, 1.82) is 0 Å². The van der Waals surface area contributed by atoms with Crippen molar-refractivity contribution < 1.29 is 13.6 Å². The van der Waals surface area contributed by atoms with Crippen LogP contribution in [0.25, 0.3) is 20.3 Å². The minimum atomic E-state index is -0.289. The van der Waals surface area contributed by atoms with Crippen molar-refractivity contribution in [2.75, 3.05) is 18.0 Å². The number of thiophene rings is 1. The molecule has 2 aromatic carbocycles. The molecule has 1 N–H and O–H groups in total. The SMILES string of the molecule is O=C(NCc1ccc(F)cc1)C1CCN(c2ncnc3c2sc2cccc(F)c23)CC1. The minimum absolute atomic E-state index is 0.0146. The Morgan fingerprint density at radius 2 is 1.87 bits per heavy atom. The van der Waals surface area contributed by atoms with Crippen molar-refractivity contribution >= 4 is 43.4 Å². The molecule has 5 nitrogen and oxygen atoms in total. The molecule has 1 aliphatic rings. The Bertz CT molecular complexity index is 1250. The van der Waals surface area contributed by atoms with Crippen LogP contribution in [0.2, 0.25) is 0 Å².